The lowest BCUT2D eigenvalue weighted by atomic mass is 10.2. The van der Waals surface area contributed by atoms with E-state index in [2.05, 4.69) is 0 Å². The van der Waals surface area contributed by atoms with E-state index in [0.29, 0.717) is 0 Å². The van der Waals surface area contributed by atoms with Crippen LogP contribution in [0, 0.1) is 0 Å². The molecule has 0 amide bonds. The minimum atomic E-state index is 0.806. The third kappa shape index (κ3) is 2.15. The Kier molecular flexibility index (Phi) is 3.30. The van der Waals surface area contributed by atoms with Crippen molar-refractivity contribution in [3.05, 3.63) is 0 Å². The third-order valence-corrected chi connectivity index (χ3v) is 2.24. The van der Waals surface area contributed by atoms with Gasteiger partial charge in [-0.25, -0.2) is 0 Å². The number of hydrogen-bond acceptors (Lipinski definition) is 2. The van der Waals surface area contributed by atoms with Crippen molar-refractivity contribution in [1.29, 1.82) is 0 Å². The van der Waals surface area contributed by atoms with Crippen molar-refractivity contribution < 1.29 is 14.0 Å². The van der Waals surface area contributed by atoms with Crippen LogP contribution >= 0.6 is 0 Å². The number of quaternary nitrogens is 1. The van der Waals surface area contributed by atoms with Crippen molar-refractivity contribution >= 4 is 0 Å². The highest BCUT2D eigenvalue weighted by Gasteiger charge is 2.35. The molecule has 66 valence electrons. The van der Waals surface area contributed by atoms with E-state index in [4.69, 9.17) is 9.47 Å². The van der Waals surface area contributed by atoms with Crippen LogP contribution in [0.4, 0.5) is 0 Å². The molecule has 3 nitrogen and oxygen atoms in total. The van der Waals surface area contributed by atoms with Gasteiger partial charge in [-0.15, -0.1) is 0 Å². The predicted molar refractivity (Wildman–Crippen MR) is 43.0 cm³/mol. The standard InChI is InChI=1S/C8H18NO2/c1-3-11-8-9(7-10-2)5-4-6-9/h3-8H2,1-2H3/q+1. The predicted octanol–water partition coefficient (Wildman–Crippen LogP) is 0.805. The number of likely N-dealkylation sites (tertiary alicyclic amines) is 1. The van der Waals surface area contributed by atoms with Gasteiger partial charge in [-0.3, -0.25) is 4.48 Å². The first-order valence-corrected chi connectivity index (χ1v) is 4.25. The molecular weight excluding hydrogens is 142 g/mol. The SMILES string of the molecule is CCOC[N+]1(COC)CCC1. The normalized spacial score (nSPS) is 21.3. The molecule has 1 aliphatic heterocycles. The zero-order valence-electron chi connectivity index (χ0n) is 7.51. The number of hydrogen-bond donors (Lipinski definition) is 0. The second-order valence-corrected chi connectivity index (χ2v) is 3.18. The number of ether oxygens (including phenoxy) is 2. The van der Waals surface area contributed by atoms with E-state index in [1.807, 2.05) is 6.92 Å². The van der Waals surface area contributed by atoms with Gasteiger partial charge in [-0.2, -0.15) is 0 Å². The molecule has 11 heavy (non-hydrogen) atoms. The molecule has 0 radical (unpaired) electrons. The van der Waals surface area contributed by atoms with Crippen molar-refractivity contribution in [2.24, 2.45) is 0 Å². The van der Waals surface area contributed by atoms with E-state index < -0.39 is 0 Å². The van der Waals surface area contributed by atoms with E-state index in [-0.39, 0.29) is 0 Å². The van der Waals surface area contributed by atoms with Crippen LogP contribution < -0.4 is 0 Å². The minimum Gasteiger partial charge on any atom is -0.335 e. The maximum Gasteiger partial charge on any atom is 0.184 e. The van der Waals surface area contributed by atoms with Gasteiger partial charge in [0.05, 0.1) is 13.1 Å². The molecule has 0 saturated carbocycles. The summed E-state index contributed by atoms with van der Waals surface area (Å²) in [6, 6.07) is 0. The second kappa shape index (κ2) is 4.04. The van der Waals surface area contributed by atoms with Crippen molar-refractivity contribution in [3.8, 4) is 0 Å². The first-order chi connectivity index (χ1) is 5.33. The molecule has 1 aliphatic rings. The van der Waals surface area contributed by atoms with Crippen LogP contribution in [-0.2, 0) is 9.47 Å². The highest BCUT2D eigenvalue weighted by molar-refractivity contribution is 4.49. The van der Waals surface area contributed by atoms with Crippen molar-refractivity contribution in [3.63, 3.8) is 0 Å². The van der Waals surface area contributed by atoms with Crippen molar-refractivity contribution in [1.82, 2.24) is 0 Å². The first-order valence-electron chi connectivity index (χ1n) is 4.25. The lowest BCUT2D eigenvalue weighted by Gasteiger charge is -2.43. The first kappa shape index (κ1) is 8.97. The molecule has 0 unspecified atom stereocenters. The Balaban J connectivity index is 2.22. The average molecular weight is 160 g/mol. The van der Waals surface area contributed by atoms with Crippen LogP contribution in [0.5, 0.6) is 0 Å². The van der Waals surface area contributed by atoms with E-state index in [1.54, 1.807) is 7.11 Å². The Morgan fingerprint density at radius 2 is 2.00 bits per heavy atom. The molecule has 1 fully saturated rings. The van der Waals surface area contributed by atoms with Crippen molar-refractivity contribution in [2.75, 3.05) is 40.3 Å². The summed E-state index contributed by atoms with van der Waals surface area (Å²) in [5.74, 6) is 0. The van der Waals surface area contributed by atoms with Crippen LogP contribution in [0.3, 0.4) is 0 Å². The van der Waals surface area contributed by atoms with Crippen LogP contribution in [0.2, 0.25) is 0 Å². The van der Waals surface area contributed by atoms with Gasteiger partial charge in [0.15, 0.2) is 13.5 Å². The number of methoxy groups -OCH3 is 1. The molecular formula is C8H18NO2+. The number of rotatable bonds is 5. The molecule has 1 rings (SSSR count). The van der Waals surface area contributed by atoms with Gasteiger partial charge >= 0.3 is 0 Å². The third-order valence-electron chi connectivity index (χ3n) is 2.24. The quantitative estimate of drug-likeness (QED) is 0.554. The van der Waals surface area contributed by atoms with Crippen LogP contribution in [-0.4, -0.2) is 44.8 Å². The van der Waals surface area contributed by atoms with E-state index in [1.165, 1.54) is 19.5 Å². The maximum atomic E-state index is 5.39. The van der Waals surface area contributed by atoms with Gasteiger partial charge in [-0.05, 0) is 6.92 Å². The Hall–Kier alpha value is -0.120. The molecule has 0 spiro atoms. The minimum absolute atomic E-state index is 0.806. The van der Waals surface area contributed by atoms with E-state index in [0.717, 1.165) is 24.6 Å². The highest BCUT2D eigenvalue weighted by atomic mass is 16.5. The lowest BCUT2D eigenvalue weighted by Crippen LogP contribution is -2.59. The fourth-order valence-electron chi connectivity index (χ4n) is 1.46. The monoisotopic (exact) mass is 160 g/mol. The van der Waals surface area contributed by atoms with Gasteiger partial charge < -0.3 is 9.47 Å². The second-order valence-electron chi connectivity index (χ2n) is 3.18. The summed E-state index contributed by atoms with van der Waals surface area (Å²) < 4.78 is 11.5. The zero-order chi connectivity index (χ0) is 8.16. The Morgan fingerprint density at radius 3 is 2.36 bits per heavy atom. The van der Waals surface area contributed by atoms with Crippen LogP contribution in [0.15, 0.2) is 0 Å². The molecule has 0 bridgehead atoms. The number of nitrogens with zero attached hydrogens (tertiary/aromatic N) is 1. The van der Waals surface area contributed by atoms with E-state index >= 15 is 0 Å². The molecule has 0 aromatic heterocycles. The molecule has 1 heterocycles. The smallest absolute Gasteiger partial charge is 0.184 e. The van der Waals surface area contributed by atoms with Crippen LogP contribution in [0.1, 0.15) is 13.3 Å². The summed E-state index contributed by atoms with van der Waals surface area (Å²) in [5.41, 5.74) is 0. The molecule has 3 heteroatoms. The van der Waals surface area contributed by atoms with E-state index in [9.17, 15) is 0 Å². The summed E-state index contributed by atoms with van der Waals surface area (Å²) in [5, 5.41) is 0. The molecule has 0 aromatic rings. The summed E-state index contributed by atoms with van der Waals surface area (Å²) in [4.78, 5) is 0. The molecule has 0 atom stereocenters. The van der Waals surface area contributed by atoms with Gasteiger partial charge in [0.25, 0.3) is 0 Å². The van der Waals surface area contributed by atoms with Gasteiger partial charge in [0.2, 0.25) is 0 Å². The van der Waals surface area contributed by atoms with Crippen LogP contribution in [0.25, 0.3) is 0 Å². The summed E-state index contributed by atoms with van der Waals surface area (Å²) in [6.45, 7) is 6.90. The lowest BCUT2D eigenvalue weighted by molar-refractivity contribution is -0.994. The zero-order valence-corrected chi connectivity index (χ0v) is 7.51. The Morgan fingerprint density at radius 1 is 1.27 bits per heavy atom. The molecule has 1 saturated heterocycles. The van der Waals surface area contributed by atoms with Crippen molar-refractivity contribution in [2.45, 2.75) is 13.3 Å². The highest BCUT2D eigenvalue weighted by Crippen LogP contribution is 2.19. The average Bonchev–Trinajstić information content (AvgIpc) is 1.95. The largest absolute Gasteiger partial charge is 0.335 e. The van der Waals surface area contributed by atoms with Gasteiger partial charge in [-0.1, -0.05) is 0 Å². The Bertz CT molecular complexity index is 113. The molecule has 0 aromatic carbocycles. The summed E-state index contributed by atoms with van der Waals surface area (Å²) >= 11 is 0. The Labute approximate surface area is 68.5 Å². The topological polar surface area (TPSA) is 18.5 Å². The molecule has 0 N–H and O–H groups in total. The molecule has 0 aliphatic carbocycles. The summed E-state index contributed by atoms with van der Waals surface area (Å²) in [7, 11) is 1.75. The fraction of sp³-hybridized carbons (Fsp3) is 1.00. The van der Waals surface area contributed by atoms with Gasteiger partial charge in [0, 0.05) is 20.1 Å². The fourth-order valence-corrected chi connectivity index (χ4v) is 1.46. The maximum absolute atomic E-state index is 5.39. The summed E-state index contributed by atoms with van der Waals surface area (Å²) in [6.07, 6.45) is 1.32. The van der Waals surface area contributed by atoms with Gasteiger partial charge in [0.1, 0.15) is 0 Å².